The highest BCUT2D eigenvalue weighted by atomic mass is 19.1. The first kappa shape index (κ1) is 48.9. The van der Waals surface area contributed by atoms with Crippen molar-refractivity contribution in [2.75, 3.05) is 79.0 Å². The molecule has 2 aromatic carbocycles. The van der Waals surface area contributed by atoms with Gasteiger partial charge in [0.25, 0.3) is 0 Å². The minimum Gasteiger partial charge on any atom is -0.480 e. The summed E-state index contributed by atoms with van der Waals surface area (Å²) in [5.41, 5.74) is 0.613. The van der Waals surface area contributed by atoms with Crippen LogP contribution in [0.25, 0.3) is 0 Å². The lowest BCUT2D eigenvalue weighted by Gasteiger charge is -2.15. The number of carbonyl (C=O) groups excluding carboxylic acids is 4. The van der Waals surface area contributed by atoms with Crippen molar-refractivity contribution in [3.05, 3.63) is 59.9 Å². The highest BCUT2D eigenvalue weighted by Gasteiger charge is 2.21. The number of hydrogen-bond acceptors (Lipinski definition) is 12. The van der Waals surface area contributed by atoms with E-state index < -0.39 is 35.8 Å². The fraction of sp³-hybridized carbons (Fsp3) is 0.538. The molecule has 58 heavy (non-hydrogen) atoms. The molecule has 2 aromatic rings. The number of aliphatic carboxylic acids is 2. The van der Waals surface area contributed by atoms with Gasteiger partial charge in [-0.15, -0.1) is 0 Å². The van der Waals surface area contributed by atoms with Crippen LogP contribution in [0, 0.1) is 5.82 Å². The average molecular weight is 822 g/mol. The number of carbonyl (C=O) groups is 6. The fourth-order valence-electron chi connectivity index (χ4n) is 5.02. The van der Waals surface area contributed by atoms with Gasteiger partial charge in [-0.1, -0.05) is 19.1 Å². The number of ether oxygens (including phenoxy) is 5. The summed E-state index contributed by atoms with van der Waals surface area (Å²) >= 11 is 0. The first-order chi connectivity index (χ1) is 28.0. The summed E-state index contributed by atoms with van der Waals surface area (Å²) in [7, 11) is 0. The van der Waals surface area contributed by atoms with E-state index in [1.54, 1.807) is 24.3 Å². The molecular weight excluding hydrogens is 765 g/mol. The molecule has 0 aromatic heterocycles. The van der Waals surface area contributed by atoms with Gasteiger partial charge in [-0.2, -0.15) is 0 Å². The Hall–Kier alpha value is -5.21. The molecule has 4 amide bonds. The molecule has 18 nitrogen and oxygen atoms in total. The van der Waals surface area contributed by atoms with E-state index in [4.69, 9.17) is 28.8 Å². The first-order valence-electron chi connectivity index (χ1n) is 19.1. The number of likely N-dealkylation sites (N-methyl/N-ethyl adjacent to an activating group) is 1. The zero-order valence-corrected chi connectivity index (χ0v) is 32.8. The quantitative estimate of drug-likeness (QED) is 0.0500. The molecular formula is C39H56FN5O13. The van der Waals surface area contributed by atoms with E-state index in [0.29, 0.717) is 49.4 Å². The number of unbranched alkanes of at least 4 members (excludes halogenated alkanes) is 1. The Bertz CT molecular complexity index is 1530. The van der Waals surface area contributed by atoms with Crippen LogP contribution in [0.3, 0.4) is 0 Å². The molecule has 0 radical (unpaired) electrons. The van der Waals surface area contributed by atoms with Crippen LogP contribution in [-0.4, -0.2) is 137 Å². The van der Waals surface area contributed by atoms with E-state index in [1.807, 2.05) is 6.92 Å². The van der Waals surface area contributed by atoms with E-state index in [0.717, 1.165) is 0 Å². The Balaban J connectivity index is 1.41. The molecule has 0 aliphatic rings. The van der Waals surface area contributed by atoms with Gasteiger partial charge in [-0.3, -0.25) is 24.0 Å². The predicted molar refractivity (Wildman–Crippen MR) is 207 cm³/mol. The van der Waals surface area contributed by atoms with Crippen LogP contribution in [0.15, 0.2) is 48.5 Å². The summed E-state index contributed by atoms with van der Waals surface area (Å²) in [5.74, 6) is -3.17. The third-order valence-corrected chi connectivity index (χ3v) is 7.97. The lowest BCUT2D eigenvalue weighted by atomic mass is 10.1. The van der Waals surface area contributed by atoms with E-state index in [9.17, 15) is 38.3 Å². The van der Waals surface area contributed by atoms with Gasteiger partial charge in [-0.25, -0.2) is 9.18 Å². The number of amides is 4. The van der Waals surface area contributed by atoms with E-state index in [2.05, 4.69) is 26.6 Å². The van der Waals surface area contributed by atoms with Crippen LogP contribution in [0.1, 0.15) is 44.6 Å². The van der Waals surface area contributed by atoms with Gasteiger partial charge in [0.15, 0.2) is 0 Å². The molecule has 0 aliphatic carbocycles. The summed E-state index contributed by atoms with van der Waals surface area (Å²) < 4.78 is 39.9. The molecule has 0 heterocycles. The van der Waals surface area contributed by atoms with Gasteiger partial charge in [0, 0.05) is 26.1 Å². The van der Waals surface area contributed by atoms with Gasteiger partial charge in [0.05, 0.1) is 46.1 Å². The van der Waals surface area contributed by atoms with Crippen LogP contribution in [0.5, 0.6) is 11.5 Å². The Morgan fingerprint density at radius 1 is 0.603 bits per heavy atom. The average Bonchev–Trinajstić information content (AvgIpc) is 3.19. The Morgan fingerprint density at radius 2 is 1.12 bits per heavy atom. The molecule has 0 saturated carbocycles. The second-order valence-corrected chi connectivity index (χ2v) is 12.7. The Labute approximate surface area is 336 Å². The monoisotopic (exact) mass is 821 g/mol. The standard InChI is InChI=1S/C39H56FN5O13/c1-2-41-32(38(50)51)5-3-4-16-42-36(48)26-56-23-22-55-20-18-44-37(49)27-57-24-21-54-19-17-43-34(46)15-14-33(39(52)53)45-35(47)25-28-6-10-30(11-7-28)58-31-12-8-29(40)9-13-31/h6-13,32-33,41H,2-5,14-27H2,1H3,(H,42,48)(H,43,46)(H,44,49)(H,45,47)(H,50,51)(H,52,53)/t32-,33-/m0/s1. The van der Waals surface area contributed by atoms with Gasteiger partial charge in [0.2, 0.25) is 23.6 Å². The van der Waals surface area contributed by atoms with Crippen molar-refractivity contribution in [3.63, 3.8) is 0 Å². The number of benzene rings is 2. The lowest BCUT2D eigenvalue weighted by Crippen LogP contribution is -2.42. The summed E-state index contributed by atoms with van der Waals surface area (Å²) in [6.45, 7) is 4.09. The third kappa shape index (κ3) is 23.8. The smallest absolute Gasteiger partial charge is 0.326 e. The van der Waals surface area contributed by atoms with Crippen LogP contribution < -0.4 is 31.3 Å². The van der Waals surface area contributed by atoms with Crippen LogP contribution in [0.2, 0.25) is 0 Å². The maximum absolute atomic E-state index is 13.1. The molecule has 7 N–H and O–H groups in total. The van der Waals surface area contributed by atoms with E-state index in [1.165, 1.54) is 24.3 Å². The van der Waals surface area contributed by atoms with Crippen LogP contribution >= 0.6 is 0 Å². The maximum atomic E-state index is 13.1. The normalized spacial score (nSPS) is 11.9. The lowest BCUT2D eigenvalue weighted by molar-refractivity contribution is -0.142. The van der Waals surface area contributed by atoms with Crippen molar-refractivity contribution >= 4 is 35.6 Å². The zero-order valence-electron chi connectivity index (χ0n) is 32.8. The van der Waals surface area contributed by atoms with Crippen molar-refractivity contribution in [1.29, 1.82) is 0 Å². The van der Waals surface area contributed by atoms with Crippen molar-refractivity contribution in [2.45, 2.75) is 57.5 Å². The van der Waals surface area contributed by atoms with Gasteiger partial charge in [0.1, 0.15) is 42.6 Å². The largest absolute Gasteiger partial charge is 0.480 e. The Kier molecular flexibility index (Phi) is 25.3. The highest BCUT2D eigenvalue weighted by molar-refractivity contribution is 5.85. The predicted octanol–water partition coefficient (Wildman–Crippen LogP) is 1.16. The highest BCUT2D eigenvalue weighted by Crippen LogP contribution is 2.22. The van der Waals surface area contributed by atoms with Crippen molar-refractivity contribution in [3.8, 4) is 11.5 Å². The molecule has 2 atom stereocenters. The SMILES string of the molecule is CCN[C@@H](CCCCNC(=O)COCCOCCNC(=O)COCCOCCNC(=O)CC[C@H](NC(=O)Cc1ccc(Oc2ccc(F)cc2)cc1)C(=O)O)C(=O)O. The van der Waals surface area contributed by atoms with E-state index in [-0.39, 0.29) is 103 Å². The molecule has 322 valence electrons. The first-order valence-corrected chi connectivity index (χ1v) is 19.1. The minimum atomic E-state index is -1.27. The second kappa shape index (κ2) is 29.9. The number of rotatable bonds is 33. The number of hydrogen-bond donors (Lipinski definition) is 7. The van der Waals surface area contributed by atoms with Crippen LogP contribution in [0.4, 0.5) is 4.39 Å². The fourth-order valence-corrected chi connectivity index (χ4v) is 5.02. The number of carboxylic acids is 2. The molecule has 0 bridgehead atoms. The minimum absolute atomic E-state index is 0.0863. The van der Waals surface area contributed by atoms with E-state index >= 15 is 0 Å². The molecule has 0 fully saturated rings. The summed E-state index contributed by atoms with van der Waals surface area (Å²) in [5, 5.41) is 31.9. The molecule has 2 rings (SSSR count). The Morgan fingerprint density at radius 3 is 1.67 bits per heavy atom. The number of carboxylic acid groups (broad SMARTS) is 2. The maximum Gasteiger partial charge on any atom is 0.326 e. The van der Waals surface area contributed by atoms with Gasteiger partial charge < -0.3 is 60.5 Å². The van der Waals surface area contributed by atoms with Crippen molar-refractivity contribution in [1.82, 2.24) is 26.6 Å². The second-order valence-electron chi connectivity index (χ2n) is 12.7. The number of nitrogens with one attached hydrogen (secondary N) is 5. The van der Waals surface area contributed by atoms with Gasteiger partial charge >= 0.3 is 11.9 Å². The molecule has 0 aliphatic heterocycles. The zero-order chi connectivity index (χ0) is 42.4. The van der Waals surface area contributed by atoms with Gasteiger partial charge in [-0.05, 0) is 74.2 Å². The summed E-state index contributed by atoms with van der Waals surface area (Å²) in [4.78, 5) is 71.2. The van der Waals surface area contributed by atoms with Crippen molar-refractivity contribution < 1.29 is 67.1 Å². The molecule has 19 heteroatoms. The third-order valence-electron chi connectivity index (χ3n) is 7.97. The molecule has 0 saturated heterocycles. The summed E-state index contributed by atoms with van der Waals surface area (Å²) in [6, 6.07) is 10.2. The molecule has 0 spiro atoms. The van der Waals surface area contributed by atoms with Crippen LogP contribution in [-0.2, 0) is 54.1 Å². The molecule has 0 unspecified atom stereocenters. The van der Waals surface area contributed by atoms with Crippen molar-refractivity contribution in [2.24, 2.45) is 0 Å². The topological polar surface area (TPSA) is 249 Å². The summed E-state index contributed by atoms with van der Waals surface area (Å²) in [6.07, 6.45) is 1.46. The number of halogens is 1.